The van der Waals surface area contributed by atoms with Crippen LogP contribution in [0.2, 0.25) is 0 Å². The van der Waals surface area contributed by atoms with Gasteiger partial charge in [0.15, 0.2) is 0 Å². The molecule has 0 aromatic heterocycles. The minimum atomic E-state index is 0.474. The second kappa shape index (κ2) is 6.02. The zero-order chi connectivity index (χ0) is 11.4. The predicted octanol–water partition coefficient (Wildman–Crippen LogP) is 2.63. The fourth-order valence-corrected chi connectivity index (χ4v) is 3.22. The van der Waals surface area contributed by atoms with Gasteiger partial charge in [0, 0.05) is 12.6 Å². The summed E-state index contributed by atoms with van der Waals surface area (Å²) >= 11 is 0. The number of nitrogens with zero attached hydrogens (tertiary/aromatic N) is 1. The Balaban J connectivity index is 1.78. The third kappa shape index (κ3) is 3.46. The summed E-state index contributed by atoms with van der Waals surface area (Å²) in [5, 5.41) is 0. The Morgan fingerprint density at radius 1 is 1.00 bits per heavy atom. The van der Waals surface area contributed by atoms with E-state index in [-0.39, 0.29) is 0 Å². The monoisotopic (exact) mass is 224 g/mol. The van der Waals surface area contributed by atoms with Gasteiger partial charge in [-0.15, -0.1) is 0 Å². The van der Waals surface area contributed by atoms with Crippen LogP contribution in [0.4, 0.5) is 0 Å². The van der Waals surface area contributed by atoms with Gasteiger partial charge in [0.1, 0.15) is 0 Å². The Morgan fingerprint density at radius 2 is 1.69 bits per heavy atom. The predicted molar refractivity (Wildman–Crippen MR) is 69.4 cm³/mol. The van der Waals surface area contributed by atoms with Crippen molar-refractivity contribution in [2.75, 3.05) is 19.6 Å². The van der Waals surface area contributed by atoms with Crippen molar-refractivity contribution in [2.45, 2.75) is 57.9 Å². The topological polar surface area (TPSA) is 29.3 Å². The van der Waals surface area contributed by atoms with Gasteiger partial charge in [-0.05, 0) is 50.6 Å². The highest BCUT2D eigenvalue weighted by molar-refractivity contribution is 4.81. The lowest BCUT2D eigenvalue weighted by molar-refractivity contribution is 0.154. The summed E-state index contributed by atoms with van der Waals surface area (Å²) in [6.07, 6.45) is 9.57. The molecule has 2 N–H and O–H groups in total. The van der Waals surface area contributed by atoms with Crippen LogP contribution in [0, 0.1) is 11.8 Å². The molecule has 0 amide bonds. The summed E-state index contributed by atoms with van der Waals surface area (Å²) in [5.41, 5.74) is 6.30. The molecule has 1 heterocycles. The molecular formula is C14H28N2. The van der Waals surface area contributed by atoms with E-state index in [9.17, 15) is 0 Å². The first kappa shape index (κ1) is 12.4. The third-order valence-electron chi connectivity index (χ3n) is 4.59. The molecule has 2 fully saturated rings. The lowest BCUT2D eigenvalue weighted by Gasteiger charge is -2.34. The van der Waals surface area contributed by atoms with Gasteiger partial charge in [0.25, 0.3) is 0 Å². The standard InChI is InChI=1S/C14H28N2/c1-12-7-9-16(10-8-12)11-13-5-3-2-4-6-14(13)15/h12-14H,2-11,15H2,1H3. The van der Waals surface area contributed by atoms with Gasteiger partial charge in [-0.25, -0.2) is 0 Å². The number of hydrogen-bond donors (Lipinski definition) is 1. The van der Waals surface area contributed by atoms with E-state index in [2.05, 4.69) is 11.8 Å². The van der Waals surface area contributed by atoms with Crippen molar-refractivity contribution in [3.05, 3.63) is 0 Å². The van der Waals surface area contributed by atoms with E-state index in [4.69, 9.17) is 5.73 Å². The van der Waals surface area contributed by atoms with Crippen molar-refractivity contribution in [3.63, 3.8) is 0 Å². The van der Waals surface area contributed by atoms with Crippen molar-refractivity contribution < 1.29 is 0 Å². The molecule has 2 heteroatoms. The minimum absolute atomic E-state index is 0.474. The van der Waals surface area contributed by atoms with Crippen LogP contribution >= 0.6 is 0 Å². The molecule has 2 nitrogen and oxygen atoms in total. The third-order valence-corrected chi connectivity index (χ3v) is 4.59. The van der Waals surface area contributed by atoms with E-state index in [1.54, 1.807) is 0 Å². The number of rotatable bonds is 2. The molecule has 0 aromatic rings. The van der Waals surface area contributed by atoms with Crippen LogP contribution in [0.3, 0.4) is 0 Å². The van der Waals surface area contributed by atoms with E-state index in [1.165, 1.54) is 64.6 Å². The summed E-state index contributed by atoms with van der Waals surface area (Å²) in [5.74, 6) is 1.72. The lowest BCUT2D eigenvalue weighted by Crippen LogP contribution is -2.42. The molecule has 0 bridgehead atoms. The van der Waals surface area contributed by atoms with Crippen LogP contribution in [0.15, 0.2) is 0 Å². The fourth-order valence-electron chi connectivity index (χ4n) is 3.22. The number of piperidine rings is 1. The molecule has 2 rings (SSSR count). The van der Waals surface area contributed by atoms with Crippen molar-refractivity contribution >= 4 is 0 Å². The van der Waals surface area contributed by atoms with Gasteiger partial charge in [0.2, 0.25) is 0 Å². The largest absolute Gasteiger partial charge is 0.327 e. The summed E-state index contributed by atoms with van der Waals surface area (Å²) in [7, 11) is 0. The zero-order valence-electron chi connectivity index (χ0n) is 10.8. The first-order valence-corrected chi connectivity index (χ1v) is 7.23. The first-order valence-electron chi connectivity index (χ1n) is 7.23. The van der Waals surface area contributed by atoms with E-state index in [1.807, 2.05) is 0 Å². The number of hydrogen-bond acceptors (Lipinski definition) is 2. The Hall–Kier alpha value is -0.0800. The molecule has 1 aliphatic carbocycles. The highest BCUT2D eigenvalue weighted by atomic mass is 15.1. The van der Waals surface area contributed by atoms with E-state index in [0.717, 1.165) is 11.8 Å². The van der Waals surface area contributed by atoms with Crippen LogP contribution < -0.4 is 5.73 Å². The van der Waals surface area contributed by atoms with Gasteiger partial charge in [-0.2, -0.15) is 0 Å². The average Bonchev–Trinajstić information content (AvgIpc) is 2.48. The molecule has 2 atom stereocenters. The van der Waals surface area contributed by atoms with Crippen molar-refractivity contribution in [1.82, 2.24) is 4.90 Å². The second-order valence-corrected chi connectivity index (χ2v) is 6.05. The molecule has 1 saturated carbocycles. The highest BCUT2D eigenvalue weighted by Gasteiger charge is 2.24. The number of nitrogens with two attached hydrogens (primary N) is 1. The molecule has 1 saturated heterocycles. The highest BCUT2D eigenvalue weighted by Crippen LogP contribution is 2.25. The van der Waals surface area contributed by atoms with Gasteiger partial charge in [0.05, 0.1) is 0 Å². The Kier molecular flexibility index (Phi) is 4.66. The van der Waals surface area contributed by atoms with E-state index in [0.29, 0.717) is 6.04 Å². The summed E-state index contributed by atoms with van der Waals surface area (Å²) in [6, 6.07) is 0.474. The van der Waals surface area contributed by atoms with Crippen LogP contribution in [0.1, 0.15) is 51.9 Å². The quantitative estimate of drug-likeness (QED) is 0.731. The normalized spacial score (nSPS) is 34.9. The minimum Gasteiger partial charge on any atom is -0.327 e. The summed E-state index contributed by atoms with van der Waals surface area (Å²) < 4.78 is 0. The second-order valence-electron chi connectivity index (χ2n) is 6.05. The van der Waals surface area contributed by atoms with Crippen molar-refractivity contribution in [1.29, 1.82) is 0 Å². The Morgan fingerprint density at radius 3 is 2.44 bits per heavy atom. The molecule has 1 aliphatic heterocycles. The van der Waals surface area contributed by atoms with Crippen LogP contribution in [0.25, 0.3) is 0 Å². The Labute approximate surface area is 101 Å². The summed E-state index contributed by atoms with van der Waals surface area (Å²) in [6.45, 7) is 6.28. The average molecular weight is 224 g/mol. The van der Waals surface area contributed by atoms with Crippen LogP contribution in [0.5, 0.6) is 0 Å². The molecule has 0 aromatic carbocycles. The maximum Gasteiger partial charge on any atom is 0.00793 e. The van der Waals surface area contributed by atoms with Gasteiger partial charge in [-0.1, -0.05) is 26.2 Å². The maximum atomic E-state index is 6.30. The van der Waals surface area contributed by atoms with Crippen molar-refractivity contribution in [2.24, 2.45) is 17.6 Å². The molecule has 0 radical (unpaired) electrons. The zero-order valence-corrected chi connectivity index (χ0v) is 10.8. The van der Waals surface area contributed by atoms with E-state index < -0.39 is 0 Å². The molecule has 0 spiro atoms. The molecule has 2 unspecified atom stereocenters. The van der Waals surface area contributed by atoms with Gasteiger partial charge < -0.3 is 10.6 Å². The number of likely N-dealkylation sites (tertiary alicyclic amines) is 1. The Bertz CT molecular complexity index is 197. The van der Waals surface area contributed by atoms with Gasteiger partial charge >= 0.3 is 0 Å². The van der Waals surface area contributed by atoms with E-state index >= 15 is 0 Å². The molecule has 94 valence electrons. The first-order chi connectivity index (χ1) is 7.75. The molecular weight excluding hydrogens is 196 g/mol. The van der Waals surface area contributed by atoms with Crippen molar-refractivity contribution in [3.8, 4) is 0 Å². The molecule has 16 heavy (non-hydrogen) atoms. The molecule has 2 aliphatic rings. The summed E-state index contributed by atoms with van der Waals surface area (Å²) in [4.78, 5) is 2.66. The smallest absolute Gasteiger partial charge is 0.00793 e. The SMILES string of the molecule is CC1CCN(CC2CCCCCC2N)CC1. The van der Waals surface area contributed by atoms with Crippen LogP contribution in [-0.4, -0.2) is 30.6 Å². The fraction of sp³-hybridized carbons (Fsp3) is 1.00. The van der Waals surface area contributed by atoms with Crippen LogP contribution in [-0.2, 0) is 0 Å². The maximum absolute atomic E-state index is 6.30. The van der Waals surface area contributed by atoms with Gasteiger partial charge in [-0.3, -0.25) is 0 Å². The lowest BCUT2D eigenvalue weighted by atomic mass is 9.92.